The van der Waals surface area contributed by atoms with E-state index < -0.39 is 10.0 Å². The summed E-state index contributed by atoms with van der Waals surface area (Å²) in [5.74, 6) is 0.537. The predicted octanol–water partition coefficient (Wildman–Crippen LogP) is 3.62. The summed E-state index contributed by atoms with van der Waals surface area (Å²) in [6, 6.07) is 17.7. The van der Waals surface area contributed by atoms with Crippen LogP contribution in [0, 0.1) is 11.3 Å². The van der Waals surface area contributed by atoms with Gasteiger partial charge in [0, 0.05) is 32.3 Å². The second kappa shape index (κ2) is 9.53. The Kier molecular flexibility index (Phi) is 6.55. The number of ether oxygens (including phenoxy) is 1. The standard InChI is InChI=1S/C23H24N4O4S/c1-27(16-17-6-3-2-4-7-17)32(28,29)20-11-9-18(10-12-20)22-26-21(14-24)23(31-22)25-15-19-8-5-13-30-19/h2-4,6-7,9-12,19,25H,5,8,13,15-16H2,1H3. The van der Waals surface area contributed by atoms with E-state index in [9.17, 15) is 13.7 Å². The maximum Gasteiger partial charge on any atom is 0.243 e. The molecular weight excluding hydrogens is 428 g/mol. The van der Waals surface area contributed by atoms with Gasteiger partial charge in [-0.2, -0.15) is 14.6 Å². The Balaban J connectivity index is 1.48. The van der Waals surface area contributed by atoms with Crippen LogP contribution in [0.3, 0.4) is 0 Å². The number of sulfonamides is 1. The molecule has 4 rings (SSSR count). The first-order valence-electron chi connectivity index (χ1n) is 10.3. The number of nitrogens with zero attached hydrogens (tertiary/aromatic N) is 3. The van der Waals surface area contributed by atoms with Crippen LogP contribution in [0.25, 0.3) is 11.5 Å². The van der Waals surface area contributed by atoms with Crippen molar-refractivity contribution in [1.29, 1.82) is 5.26 Å². The smallest absolute Gasteiger partial charge is 0.243 e. The maximum atomic E-state index is 12.9. The van der Waals surface area contributed by atoms with Gasteiger partial charge < -0.3 is 14.5 Å². The van der Waals surface area contributed by atoms with Crippen molar-refractivity contribution >= 4 is 15.9 Å². The summed E-state index contributed by atoms with van der Waals surface area (Å²) in [6.07, 6.45) is 2.08. The van der Waals surface area contributed by atoms with Gasteiger partial charge >= 0.3 is 0 Å². The van der Waals surface area contributed by atoms with E-state index in [4.69, 9.17) is 9.15 Å². The van der Waals surface area contributed by atoms with Crippen LogP contribution in [-0.2, 0) is 21.3 Å². The molecule has 1 fully saturated rings. The normalized spacial score (nSPS) is 16.2. The molecule has 8 nitrogen and oxygen atoms in total. The van der Waals surface area contributed by atoms with Crippen LogP contribution in [0.5, 0.6) is 0 Å². The van der Waals surface area contributed by atoms with Gasteiger partial charge in [-0.25, -0.2) is 8.42 Å². The first-order valence-corrected chi connectivity index (χ1v) is 11.8. The van der Waals surface area contributed by atoms with Crippen molar-refractivity contribution in [3.63, 3.8) is 0 Å². The average Bonchev–Trinajstić information content (AvgIpc) is 3.48. The van der Waals surface area contributed by atoms with Gasteiger partial charge in [0.25, 0.3) is 0 Å². The lowest BCUT2D eigenvalue weighted by molar-refractivity contribution is 0.120. The third-order valence-electron chi connectivity index (χ3n) is 5.30. The van der Waals surface area contributed by atoms with Crippen LogP contribution >= 0.6 is 0 Å². The van der Waals surface area contributed by atoms with Crippen molar-refractivity contribution in [2.24, 2.45) is 0 Å². The first-order chi connectivity index (χ1) is 15.5. The molecule has 0 radical (unpaired) electrons. The summed E-state index contributed by atoms with van der Waals surface area (Å²) in [7, 11) is -2.11. The van der Waals surface area contributed by atoms with Crippen LogP contribution in [0.1, 0.15) is 24.1 Å². The summed E-state index contributed by atoms with van der Waals surface area (Å²) in [4.78, 5) is 4.41. The van der Waals surface area contributed by atoms with Crippen LogP contribution in [0.15, 0.2) is 63.9 Å². The Morgan fingerprint density at radius 3 is 2.59 bits per heavy atom. The zero-order chi connectivity index (χ0) is 22.6. The largest absolute Gasteiger partial charge is 0.419 e. The molecule has 1 atom stereocenters. The third kappa shape index (κ3) is 4.83. The molecule has 3 aromatic rings. The Morgan fingerprint density at radius 2 is 1.94 bits per heavy atom. The molecule has 2 heterocycles. The average molecular weight is 453 g/mol. The van der Waals surface area contributed by atoms with Gasteiger partial charge in [0.15, 0.2) is 0 Å². The first kappa shape index (κ1) is 22.0. The molecule has 166 valence electrons. The number of nitriles is 1. The Hall–Kier alpha value is -3.19. The molecule has 9 heteroatoms. The van der Waals surface area contributed by atoms with E-state index in [1.54, 1.807) is 19.2 Å². The van der Waals surface area contributed by atoms with Gasteiger partial charge in [-0.3, -0.25) is 0 Å². The third-order valence-corrected chi connectivity index (χ3v) is 7.12. The van der Waals surface area contributed by atoms with Gasteiger partial charge in [-0.1, -0.05) is 30.3 Å². The minimum atomic E-state index is -3.66. The Labute approximate surface area is 187 Å². The molecular formula is C23H24N4O4S. The van der Waals surface area contributed by atoms with Crippen molar-refractivity contribution in [2.75, 3.05) is 25.5 Å². The van der Waals surface area contributed by atoms with E-state index in [0.717, 1.165) is 25.0 Å². The molecule has 0 saturated carbocycles. The monoisotopic (exact) mass is 452 g/mol. The molecule has 1 aliphatic heterocycles. The molecule has 0 aliphatic carbocycles. The number of oxazole rings is 1. The maximum absolute atomic E-state index is 12.9. The highest BCUT2D eigenvalue weighted by molar-refractivity contribution is 7.89. The van der Waals surface area contributed by atoms with Gasteiger partial charge in [-0.15, -0.1) is 0 Å². The zero-order valence-corrected chi connectivity index (χ0v) is 18.5. The highest BCUT2D eigenvalue weighted by atomic mass is 32.2. The van der Waals surface area contributed by atoms with E-state index >= 15 is 0 Å². The topological polar surface area (TPSA) is 108 Å². The van der Waals surface area contributed by atoms with Crippen molar-refractivity contribution in [2.45, 2.75) is 30.4 Å². The molecule has 1 saturated heterocycles. The van der Waals surface area contributed by atoms with Crippen molar-refractivity contribution < 1.29 is 17.6 Å². The summed E-state index contributed by atoms with van der Waals surface area (Å²) in [6.45, 7) is 1.55. The molecule has 1 aliphatic rings. The lowest BCUT2D eigenvalue weighted by Gasteiger charge is -2.17. The van der Waals surface area contributed by atoms with E-state index in [0.29, 0.717) is 12.1 Å². The fourth-order valence-corrected chi connectivity index (χ4v) is 4.68. The van der Waals surface area contributed by atoms with Crippen molar-refractivity contribution in [3.05, 3.63) is 65.9 Å². The fraction of sp³-hybridized carbons (Fsp3) is 0.304. The number of anilines is 1. The van der Waals surface area contributed by atoms with E-state index in [-0.39, 0.29) is 35.0 Å². The predicted molar refractivity (Wildman–Crippen MR) is 119 cm³/mol. The zero-order valence-electron chi connectivity index (χ0n) is 17.7. The number of aromatic nitrogens is 1. The molecule has 0 bridgehead atoms. The van der Waals surface area contributed by atoms with Gasteiger partial charge in [-0.05, 0) is 42.7 Å². The second-order valence-corrected chi connectivity index (χ2v) is 9.64. The van der Waals surface area contributed by atoms with E-state index in [1.807, 2.05) is 36.4 Å². The highest BCUT2D eigenvalue weighted by Crippen LogP contribution is 2.27. The molecule has 2 aromatic carbocycles. The fourth-order valence-electron chi connectivity index (χ4n) is 3.53. The summed E-state index contributed by atoms with van der Waals surface area (Å²) >= 11 is 0. The lowest BCUT2D eigenvalue weighted by Crippen LogP contribution is -2.26. The molecule has 32 heavy (non-hydrogen) atoms. The number of nitrogens with one attached hydrogen (secondary N) is 1. The van der Waals surface area contributed by atoms with Crippen LogP contribution < -0.4 is 5.32 Å². The van der Waals surface area contributed by atoms with Crippen molar-refractivity contribution in [3.8, 4) is 17.5 Å². The molecule has 0 amide bonds. The lowest BCUT2D eigenvalue weighted by atomic mass is 10.2. The number of hydrogen-bond donors (Lipinski definition) is 1. The number of hydrogen-bond acceptors (Lipinski definition) is 7. The van der Waals surface area contributed by atoms with Gasteiger partial charge in [0.1, 0.15) is 6.07 Å². The van der Waals surface area contributed by atoms with E-state index in [2.05, 4.69) is 10.3 Å². The van der Waals surface area contributed by atoms with Gasteiger partial charge in [0.2, 0.25) is 27.5 Å². The quantitative estimate of drug-likeness (QED) is 0.556. The highest BCUT2D eigenvalue weighted by Gasteiger charge is 2.22. The minimum absolute atomic E-state index is 0.0902. The molecule has 1 N–H and O–H groups in total. The van der Waals surface area contributed by atoms with E-state index in [1.165, 1.54) is 16.4 Å². The summed E-state index contributed by atoms with van der Waals surface area (Å²) < 4.78 is 38.5. The Bertz CT molecular complexity index is 1200. The van der Waals surface area contributed by atoms with Crippen LogP contribution in [0.4, 0.5) is 5.88 Å². The van der Waals surface area contributed by atoms with Crippen molar-refractivity contribution in [1.82, 2.24) is 9.29 Å². The Morgan fingerprint density at radius 1 is 1.19 bits per heavy atom. The van der Waals surface area contributed by atoms with Gasteiger partial charge in [0.05, 0.1) is 11.0 Å². The van der Waals surface area contributed by atoms with Crippen LogP contribution in [0.2, 0.25) is 0 Å². The molecule has 1 unspecified atom stereocenters. The number of benzene rings is 2. The SMILES string of the molecule is CN(Cc1ccccc1)S(=O)(=O)c1ccc(-c2nc(C#N)c(NCC3CCCO3)o2)cc1. The summed E-state index contributed by atoms with van der Waals surface area (Å²) in [5, 5.41) is 12.5. The molecule has 0 spiro atoms. The second-order valence-electron chi connectivity index (χ2n) is 7.60. The van der Waals surface area contributed by atoms with Crippen LogP contribution in [-0.4, -0.2) is 44.0 Å². The minimum Gasteiger partial charge on any atom is -0.419 e. The molecule has 1 aromatic heterocycles. The summed E-state index contributed by atoms with van der Waals surface area (Å²) in [5.41, 5.74) is 1.63. The number of rotatable bonds is 8.